The number of amides is 3. The minimum Gasteiger partial charge on any atom is -0.496 e. The van der Waals surface area contributed by atoms with Gasteiger partial charge in [-0.05, 0) is 43.4 Å². The smallest absolute Gasteiger partial charge is 0.230 e. The lowest BCUT2D eigenvalue weighted by Gasteiger charge is -2.26. The molecule has 9 nitrogen and oxygen atoms in total. The first-order valence-corrected chi connectivity index (χ1v) is 11.6. The van der Waals surface area contributed by atoms with Crippen LogP contribution < -0.4 is 15.4 Å². The molecule has 3 amide bonds. The molecule has 3 atom stereocenters. The maximum atomic E-state index is 13.3. The first kappa shape index (κ1) is 22.1. The standard InChI is InChI=1S/C25H26N4O5/c1-34-21-4-2-3-18-15(21)9-19(27-18)20(30)8-14(7-13-5-6-13)22(31)29-25(12-26)10-16-17(11-25)24(33)28-23(16)32/h2-4,9,13-14,16-17,27H,5-8,10-11H2,1H3,(H,29,31)(H,28,32,33). The van der Waals surface area contributed by atoms with E-state index in [1.807, 2.05) is 18.2 Å². The number of ketones is 1. The highest BCUT2D eigenvalue weighted by Gasteiger charge is 2.56. The molecule has 1 saturated heterocycles. The minimum absolute atomic E-state index is 0.00521. The molecule has 2 heterocycles. The van der Waals surface area contributed by atoms with Gasteiger partial charge in [-0.2, -0.15) is 5.26 Å². The number of imide groups is 1. The highest BCUT2D eigenvalue weighted by molar-refractivity contribution is 6.06. The summed E-state index contributed by atoms with van der Waals surface area (Å²) in [7, 11) is 1.57. The number of nitriles is 1. The van der Waals surface area contributed by atoms with Crippen molar-refractivity contribution >= 4 is 34.4 Å². The molecule has 0 spiro atoms. The van der Waals surface area contributed by atoms with Gasteiger partial charge < -0.3 is 15.0 Å². The lowest BCUT2D eigenvalue weighted by molar-refractivity contribution is -0.129. The Morgan fingerprint density at radius 2 is 1.94 bits per heavy atom. The van der Waals surface area contributed by atoms with E-state index in [1.54, 1.807) is 13.2 Å². The molecular formula is C25H26N4O5. The van der Waals surface area contributed by atoms with Gasteiger partial charge in [-0.25, -0.2) is 0 Å². The molecule has 3 aliphatic rings. The first-order valence-electron chi connectivity index (χ1n) is 11.6. The fraction of sp³-hybridized carbons (Fsp3) is 0.480. The molecule has 1 aromatic carbocycles. The Labute approximate surface area is 196 Å². The van der Waals surface area contributed by atoms with Gasteiger partial charge in [-0.1, -0.05) is 18.9 Å². The van der Waals surface area contributed by atoms with E-state index >= 15 is 0 Å². The number of methoxy groups -OCH3 is 1. The Morgan fingerprint density at radius 3 is 2.56 bits per heavy atom. The number of Topliss-reactive ketones (excluding diaryl/α,β-unsaturated/α-hetero) is 1. The highest BCUT2D eigenvalue weighted by Crippen LogP contribution is 2.43. The Morgan fingerprint density at radius 1 is 1.24 bits per heavy atom. The van der Waals surface area contributed by atoms with E-state index in [4.69, 9.17) is 4.74 Å². The van der Waals surface area contributed by atoms with Crippen molar-refractivity contribution in [2.24, 2.45) is 23.7 Å². The van der Waals surface area contributed by atoms with Gasteiger partial charge in [0, 0.05) is 23.2 Å². The van der Waals surface area contributed by atoms with E-state index in [2.05, 4.69) is 21.7 Å². The van der Waals surface area contributed by atoms with Crippen LogP contribution in [0, 0.1) is 35.0 Å². The average molecular weight is 463 g/mol. The van der Waals surface area contributed by atoms with Crippen molar-refractivity contribution in [2.45, 2.75) is 44.1 Å². The van der Waals surface area contributed by atoms with Crippen LogP contribution in [-0.2, 0) is 14.4 Å². The van der Waals surface area contributed by atoms with Gasteiger partial charge in [0.05, 0.1) is 30.7 Å². The molecule has 176 valence electrons. The second-order valence-electron chi connectivity index (χ2n) is 9.77. The van der Waals surface area contributed by atoms with Crippen LogP contribution in [-0.4, -0.2) is 41.1 Å². The zero-order chi connectivity index (χ0) is 24.0. The summed E-state index contributed by atoms with van der Waals surface area (Å²) >= 11 is 0. The number of ether oxygens (including phenoxy) is 1. The first-order chi connectivity index (χ1) is 16.3. The van der Waals surface area contributed by atoms with Crippen molar-refractivity contribution in [1.82, 2.24) is 15.6 Å². The lowest BCUT2D eigenvalue weighted by Crippen LogP contribution is -2.49. The normalized spacial score (nSPS) is 26.6. The molecule has 9 heteroatoms. The highest BCUT2D eigenvalue weighted by atomic mass is 16.5. The van der Waals surface area contributed by atoms with Crippen LogP contribution in [0.15, 0.2) is 24.3 Å². The SMILES string of the molecule is COc1cccc2[nH]c(C(=O)CC(CC3CC3)C(=O)NC3(C#N)CC4C(=O)NC(=O)C4C3)cc12. The van der Waals surface area contributed by atoms with Crippen molar-refractivity contribution in [2.75, 3.05) is 7.11 Å². The van der Waals surface area contributed by atoms with E-state index in [9.17, 15) is 24.4 Å². The van der Waals surface area contributed by atoms with E-state index in [0.29, 0.717) is 23.8 Å². The van der Waals surface area contributed by atoms with Crippen LogP contribution in [0.2, 0.25) is 0 Å². The quantitative estimate of drug-likeness (QED) is 0.406. The monoisotopic (exact) mass is 462 g/mol. The molecule has 1 aromatic heterocycles. The van der Waals surface area contributed by atoms with Gasteiger partial charge in [0.15, 0.2) is 5.78 Å². The molecule has 1 aliphatic heterocycles. The van der Waals surface area contributed by atoms with Gasteiger partial charge in [0.2, 0.25) is 17.7 Å². The molecular weight excluding hydrogens is 436 g/mol. The van der Waals surface area contributed by atoms with Crippen molar-refractivity contribution in [3.8, 4) is 11.8 Å². The molecule has 34 heavy (non-hydrogen) atoms. The van der Waals surface area contributed by atoms with Crippen LogP contribution >= 0.6 is 0 Å². The zero-order valence-corrected chi connectivity index (χ0v) is 18.8. The summed E-state index contributed by atoms with van der Waals surface area (Å²) in [4.78, 5) is 53.7. The van der Waals surface area contributed by atoms with Crippen LogP contribution in [0.25, 0.3) is 10.9 Å². The van der Waals surface area contributed by atoms with Crippen LogP contribution in [0.4, 0.5) is 0 Å². The predicted molar refractivity (Wildman–Crippen MR) is 120 cm³/mol. The van der Waals surface area contributed by atoms with Crippen LogP contribution in [0.1, 0.15) is 49.0 Å². The van der Waals surface area contributed by atoms with E-state index in [-0.39, 0.29) is 42.8 Å². The van der Waals surface area contributed by atoms with Gasteiger partial charge in [-0.3, -0.25) is 24.5 Å². The summed E-state index contributed by atoms with van der Waals surface area (Å²) in [5.74, 6) is -2.09. The number of carbonyl (C=O) groups excluding carboxylic acids is 4. The molecule has 2 saturated carbocycles. The van der Waals surface area contributed by atoms with Gasteiger partial charge in [-0.15, -0.1) is 0 Å². The van der Waals surface area contributed by atoms with Crippen LogP contribution in [0.3, 0.4) is 0 Å². The third-order valence-corrected chi connectivity index (χ3v) is 7.38. The third kappa shape index (κ3) is 3.94. The molecule has 2 aromatic rings. The van der Waals surface area contributed by atoms with E-state index < -0.39 is 23.3 Å². The van der Waals surface area contributed by atoms with Gasteiger partial charge in [0.1, 0.15) is 11.3 Å². The van der Waals surface area contributed by atoms with Crippen molar-refractivity contribution < 1.29 is 23.9 Å². The molecule has 5 rings (SSSR count). The van der Waals surface area contributed by atoms with Crippen molar-refractivity contribution in [3.63, 3.8) is 0 Å². The Balaban J connectivity index is 1.33. The van der Waals surface area contributed by atoms with E-state index in [0.717, 1.165) is 23.7 Å². The number of nitrogens with one attached hydrogen (secondary N) is 3. The maximum Gasteiger partial charge on any atom is 0.230 e. The lowest BCUT2D eigenvalue weighted by atomic mass is 9.91. The number of benzene rings is 1. The molecule has 3 N–H and O–H groups in total. The number of aromatic nitrogens is 1. The predicted octanol–water partition coefficient (Wildman–Crippen LogP) is 2.23. The number of aromatic amines is 1. The summed E-state index contributed by atoms with van der Waals surface area (Å²) in [5.41, 5.74) is -0.102. The molecule has 0 radical (unpaired) electrons. The summed E-state index contributed by atoms with van der Waals surface area (Å²) < 4.78 is 5.37. The van der Waals surface area contributed by atoms with Crippen LogP contribution in [0.5, 0.6) is 5.75 Å². The number of hydrogen-bond acceptors (Lipinski definition) is 6. The zero-order valence-electron chi connectivity index (χ0n) is 18.8. The summed E-state index contributed by atoms with van der Waals surface area (Å²) in [6.07, 6.45) is 2.81. The number of carbonyl (C=O) groups is 4. The molecule has 2 aliphatic carbocycles. The molecule has 0 bridgehead atoms. The van der Waals surface area contributed by atoms with E-state index in [1.165, 1.54) is 0 Å². The second-order valence-corrected chi connectivity index (χ2v) is 9.77. The number of nitrogens with zero attached hydrogens (tertiary/aromatic N) is 1. The summed E-state index contributed by atoms with van der Waals surface area (Å²) in [5, 5.41) is 15.8. The molecule has 3 fully saturated rings. The maximum absolute atomic E-state index is 13.3. The number of H-pyrrole nitrogens is 1. The second kappa shape index (κ2) is 8.28. The minimum atomic E-state index is -1.28. The third-order valence-electron chi connectivity index (χ3n) is 7.38. The summed E-state index contributed by atoms with van der Waals surface area (Å²) in [6, 6.07) is 9.39. The Bertz CT molecular complexity index is 1220. The number of rotatable bonds is 8. The Hall–Kier alpha value is -3.67. The largest absolute Gasteiger partial charge is 0.496 e. The summed E-state index contributed by atoms with van der Waals surface area (Å²) in [6.45, 7) is 0. The average Bonchev–Trinajstić information content (AvgIpc) is 3.29. The van der Waals surface area contributed by atoms with Gasteiger partial charge >= 0.3 is 0 Å². The fourth-order valence-corrected chi connectivity index (χ4v) is 5.36. The van der Waals surface area contributed by atoms with Crippen molar-refractivity contribution in [3.05, 3.63) is 30.0 Å². The van der Waals surface area contributed by atoms with Crippen molar-refractivity contribution in [1.29, 1.82) is 5.26 Å². The topological polar surface area (TPSA) is 141 Å². The number of fused-ring (bicyclic) bond motifs is 2. The number of hydrogen-bond donors (Lipinski definition) is 3. The van der Waals surface area contributed by atoms with Gasteiger partial charge in [0.25, 0.3) is 0 Å². The Kier molecular flexibility index (Phi) is 5.39. The fourth-order valence-electron chi connectivity index (χ4n) is 5.36. The molecule has 3 unspecified atom stereocenters.